The van der Waals surface area contributed by atoms with Crippen LogP contribution in [0.1, 0.15) is 32.3 Å². The molecule has 180 valence electrons. The zero-order valence-electron chi connectivity index (χ0n) is 19.8. The maximum Gasteiger partial charge on any atom is 0.241 e. The van der Waals surface area contributed by atoms with Crippen LogP contribution in [0.25, 0.3) is 0 Å². The van der Waals surface area contributed by atoms with Crippen molar-refractivity contribution in [3.63, 3.8) is 0 Å². The number of aliphatic imine (C=N–C) groups is 1. The molecule has 0 aromatic heterocycles. The minimum atomic E-state index is -0.00789. The van der Waals surface area contributed by atoms with Crippen molar-refractivity contribution in [3.8, 4) is 0 Å². The summed E-state index contributed by atoms with van der Waals surface area (Å²) in [5.41, 5.74) is 1.38. The van der Waals surface area contributed by atoms with Crippen molar-refractivity contribution in [1.82, 2.24) is 20.4 Å². The van der Waals surface area contributed by atoms with Gasteiger partial charge in [-0.3, -0.25) is 14.7 Å². The number of benzene rings is 1. The van der Waals surface area contributed by atoms with Crippen LogP contribution in [-0.2, 0) is 16.0 Å². The number of halogens is 1. The molecule has 0 unspecified atom stereocenters. The highest BCUT2D eigenvalue weighted by Gasteiger charge is 2.28. The topological polar surface area (TPSA) is 69.2 Å². The average molecular weight is 558 g/mol. The molecule has 8 heteroatoms. The van der Waals surface area contributed by atoms with Crippen LogP contribution in [-0.4, -0.2) is 86.7 Å². The van der Waals surface area contributed by atoms with E-state index >= 15 is 0 Å². The van der Waals surface area contributed by atoms with Gasteiger partial charge in [0.1, 0.15) is 0 Å². The van der Waals surface area contributed by atoms with Crippen LogP contribution in [0.5, 0.6) is 0 Å². The molecule has 3 rings (SSSR count). The largest absolute Gasteiger partial charge is 0.379 e. The van der Waals surface area contributed by atoms with E-state index < -0.39 is 0 Å². The third-order valence-corrected chi connectivity index (χ3v) is 6.52. The van der Waals surface area contributed by atoms with Gasteiger partial charge in [0.2, 0.25) is 5.91 Å². The van der Waals surface area contributed by atoms with Gasteiger partial charge < -0.3 is 20.3 Å². The predicted octanol–water partition coefficient (Wildman–Crippen LogP) is 2.36. The van der Waals surface area contributed by atoms with E-state index in [2.05, 4.69) is 64.7 Å². The van der Waals surface area contributed by atoms with Gasteiger partial charge >= 0.3 is 0 Å². The number of ether oxygens (including phenoxy) is 1. The van der Waals surface area contributed by atoms with Crippen LogP contribution in [0.15, 0.2) is 35.3 Å². The lowest BCUT2D eigenvalue weighted by molar-refractivity contribution is -0.131. The number of rotatable bonds is 7. The van der Waals surface area contributed by atoms with Crippen LogP contribution in [0.3, 0.4) is 0 Å². The number of carbonyl (C=O) groups is 1. The Labute approximate surface area is 210 Å². The molecule has 1 aromatic rings. The summed E-state index contributed by atoms with van der Waals surface area (Å²) in [5.74, 6) is 1.48. The zero-order valence-corrected chi connectivity index (χ0v) is 22.1. The predicted molar refractivity (Wildman–Crippen MR) is 141 cm³/mol. The molecule has 0 saturated carbocycles. The zero-order chi connectivity index (χ0) is 22.1. The van der Waals surface area contributed by atoms with E-state index in [1.807, 2.05) is 4.90 Å². The third kappa shape index (κ3) is 8.19. The number of carbonyl (C=O) groups excluding carboxylic acids is 1. The maximum absolute atomic E-state index is 12.7. The molecular formula is C24H40IN5O2. The fraction of sp³-hybridized carbons (Fsp3) is 0.667. The molecule has 0 atom stereocenters. The SMILES string of the molecule is CN=C(NCC(=O)N1CCC(Cc2ccccc2)CC1)NCC(C)(C)N1CCOCC1.I. The van der Waals surface area contributed by atoms with Crippen molar-refractivity contribution < 1.29 is 9.53 Å². The summed E-state index contributed by atoms with van der Waals surface area (Å²) >= 11 is 0. The first-order valence-electron chi connectivity index (χ1n) is 11.6. The second-order valence-corrected chi connectivity index (χ2v) is 9.21. The summed E-state index contributed by atoms with van der Waals surface area (Å²) in [7, 11) is 1.75. The lowest BCUT2D eigenvalue weighted by Gasteiger charge is -2.41. The summed E-state index contributed by atoms with van der Waals surface area (Å²) in [5, 5.41) is 6.58. The first kappa shape index (κ1) is 26.9. The summed E-state index contributed by atoms with van der Waals surface area (Å²) in [6.45, 7) is 10.6. The van der Waals surface area contributed by atoms with E-state index in [0.717, 1.165) is 65.2 Å². The Balaban J connectivity index is 0.00000363. The summed E-state index contributed by atoms with van der Waals surface area (Å²) in [4.78, 5) is 21.4. The summed E-state index contributed by atoms with van der Waals surface area (Å²) < 4.78 is 5.46. The fourth-order valence-corrected chi connectivity index (χ4v) is 4.41. The minimum absolute atomic E-state index is 0. The Kier molecular flexibility index (Phi) is 11.2. The number of nitrogens with zero attached hydrogens (tertiary/aromatic N) is 3. The molecule has 0 aliphatic carbocycles. The first-order chi connectivity index (χ1) is 15.0. The van der Waals surface area contributed by atoms with E-state index in [4.69, 9.17) is 4.74 Å². The summed E-state index contributed by atoms with van der Waals surface area (Å²) in [6.07, 6.45) is 3.25. The van der Waals surface area contributed by atoms with E-state index in [9.17, 15) is 4.79 Å². The molecular weight excluding hydrogens is 517 g/mol. The number of nitrogens with one attached hydrogen (secondary N) is 2. The number of amides is 1. The lowest BCUT2D eigenvalue weighted by atomic mass is 9.90. The summed E-state index contributed by atoms with van der Waals surface area (Å²) in [6, 6.07) is 10.6. The molecule has 2 aliphatic rings. The van der Waals surface area contributed by atoms with Gasteiger partial charge in [0, 0.05) is 45.3 Å². The van der Waals surface area contributed by atoms with Gasteiger partial charge in [0.25, 0.3) is 0 Å². The molecule has 2 N–H and O–H groups in total. The van der Waals surface area contributed by atoms with Crippen molar-refractivity contribution in [1.29, 1.82) is 0 Å². The molecule has 2 aliphatic heterocycles. The highest BCUT2D eigenvalue weighted by atomic mass is 127. The number of hydrogen-bond acceptors (Lipinski definition) is 4. The lowest BCUT2D eigenvalue weighted by Crippen LogP contribution is -2.57. The first-order valence-corrected chi connectivity index (χ1v) is 11.6. The van der Waals surface area contributed by atoms with Crippen LogP contribution < -0.4 is 10.6 Å². The molecule has 2 fully saturated rings. The van der Waals surface area contributed by atoms with Crippen LogP contribution in [0, 0.1) is 5.92 Å². The van der Waals surface area contributed by atoms with Crippen molar-refractivity contribution in [3.05, 3.63) is 35.9 Å². The van der Waals surface area contributed by atoms with Crippen molar-refractivity contribution in [2.75, 3.05) is 59.5 Å². The second-order valence-electron chi connectivity index (χ2n) is 9.21. The van der Waals surface area contributed by atoms with Gasteiger partial charge in [-0.15, -0.1) is 24.0 Å². The molecule has 2 heterocycles. The fourth-order valence-electron chi connectivity index (χ4n) is 4.41. The van der Waals surface area contributed by atoms with Crippen LogP contribution in [0.4, 0.5) is 0 Å². The number of morpholine rings is 1. The molecule has 32 heavy (non-hydrogen) atoms. The number of hydrogen-bond donors (Lipinski definition) is 2. The average Bonchev–Trinajstić information content (AvgIpc) is 2.81. The molecule has 1 amide bonds. The van der Waals surface area contributed by atoms with Crippen molar-refractivity contribution in [2.24, 2.45) is 10.9 Å². The van der Waals surface area contributed by atoms with E-state index in [-0.39, 0.29) is 42.0 Å². The van der Waals surface area contributed by atoms with Crippen LogP contribution in [0.2, 0.25) is 0 Å². The second kappa shape index (κ2) is 13.3. The minimum Gasteiger partial charge on any atom is -0.379 e. The van der Waals surface area contributed by atoms with Gasteiger partial charge in [0.15, 0.2) is 5.96 Å². The molecule has 0 bridgehead atoms. The Morgan fingerprint density at radius 1 is 1.09 bits per heavy atom. The monoisotopic (exact) mass is 557 g/mol. The Morgan fingerprint density at radius 3 is 2.38 bits per heavy atom. The smallest absolute Gasteiger partial charge is 0.241 e. The van der Waals surface area contributed by atoms with Gasteiger partial charge in [-0.1, -0.05) is 30.3 Å². The molecule has 2 saturated heterocycles. The van der Waals surface area contributed by atoms with Gasteiger partial charge in [-0.05, 0) is 44.6 Å². The molecule has 0 radical (unpaired) electrons. The van der Waals surface area contributed by atoms with Gasteiger partial charge in [0.05, 0.1) is 19.8 Å². The number of likely N-dealkylation sites (tertiary alicyclic amines) is 1. The Bertz CT molecular complexity index is 714. The van der Waals surface area contributed by atoms with E-state index in [1.165, 1.54) is 5.56 Å². The van der Waals surface area contributed by atoms with E-state index in [0.29, 0.717) is 11.9 Å². The third-order valence-electron chi connectivity index (χ3n) is 6.52. The molecule has 1 aromatic carbocycles. The maximum atomic E-state index is 12.7. The van der Waals surface area contributed by atoms with Crippen molar-refractivity contribution in [2.45, 2.75) is 38.6 Å². The van der Waals surface area contributed by atoms with Crippen molar-refractivity contribution >= 4 is 35.8 Å². The molecule has 7 nitrogen and oxygen atoms in total. The number of guanidine groups is 1. The highest BCUT2D eigenvalue weighted by Crippen LogP contribution is 2.21. The van der Waals surface area contributed by atoms with Gasteiger partial charge in [-0.2, -0.15) is 0 Å². The van der Waals surface area contributed by atoms with E-state index in [1.54, 1.807) is 7.05 Å². The molecule has 0 spiro atoms. The Hall–Kier alpha value is -1.39. The standard InChI is InChI=1S/C24H39N5O2.HI/c1-24(2,29-13-15-31-16-14-29)19-27-23(25-3)26-18-22(30)28-11-9-21(10-12-28)17-20-7-5-4-6-8-20;/h4-8,21H,9-19H2,1-3H3,(H2,25,26,27);1H. The number of piperidine rings is 1. The quantitative estimate of drug-likeness (QED) is 0.306. The van der Waals surface area contributed by atoms with Crippen LogP contribution >= 0.6 is 24.0 Å². The normalized spacial score (nSPS) is 18.7. The van der Waals surface area contributed by atoms with Gasteiger partial charge in [-0.25, -0.2) is 0 Å². The Morgan fingerprint density at radius 2 is 1.75 bits per heavy atom. The highest BCUT2D eigenvalue weighted by molar-refractivity contribution is 14.0.